The lowest BCUT2D eigenvalue weighted by molar-refractivity contribution is -0.118. The lowest BCUT2D eigenvalue weighted by Gasteiger charge is -2.40. The van der Waals surface area contributed by atoms with E-state index in [1.165, 1.54) is 12.8 Å². The first-order valence-electron chi connectivity index (χ1n) is 5.05. The monoisotopic (exact) mass is 173 g/mol. The molecule has 0 saturated carbocycles. The third-order valence-electron chi connectivity index (χ3n) is 2.47. The van der Waals surface area contributed by atoms with E-state index in [2.05, 4.69) is 12.2 Å². The molecule has 1 rings (SSSR count). The molecule has 1 aliphatic rings. The van der Waals surface area contributed by atoms with Gasteiger partial charge in [-0.05, 0) is 26.4 Å². The molecule has 1 aliphatic heterocycles. The van der Waals surface area contributed by atoms with E-state index in [9.17, 15) is 0 Å². The number of nitrogens with one attached hydrogen (secondary N) is 1. The van der Waals surface area contributed by atoms with Crippen LogP contribution in [0.3, 0.4) is 0 Å². The summed E-state index contributed by atoms with van der Waals surface area (Å²) in [6.07, 6.45) is 2.52. The summed E-state index contributed by atoms with van der Waals surface area (Å²) in [5.74, 6) is 0. The first kappa shape index (κ1) is 11.9. The van der Waals surface area contributed by atoms with Gasteiger partial charge in [0.25, 0.3) is 0 Å². The van der Waals surface area contributed by atoms with Gasteiger partial charge in [-0.25, -0.2) is 0 Å². The molecular weight excluding hydrogens is 150 g/mol. The van der Waals surface area contributed by atoms with Gasteiger partial charge in [-0.1, -0.05) is 20.8 Å². The number of rotatable bonds is 4. The Hall–Kier alpha value is -0.0800. The summed E-state index contributed by atoms with van der Waals surface area (Å²) in [6, 6.07) is 0. The Kier molecular flexibility index (Phi) is 6.39. The molecule has 0 atom stereocenters. The highest BCUT2D eigenvalue weighted by atomic mass is 16.5. The number of ether oxygens (including phenoxy) is 1. The van der Waals surface area contributed by atoms with Crippen LogP contribution in [0.5, 0.6) is 0 Å². The largest absolute Gasteiger partial charge is 0.380 e. The molecule has 2 nitrogen and oxygen atoms in total. The third-order valence-corrected chi connectivity index (χ3v) is 2.47. The standard InChI is InChI=1S/C8H17NO.C2H6/c1-3-8(4-5-9-2)6-10-7-8;1-2/h9H,3-7H2,1-2H3;1-2H3. The second-order valence-electron chi connectivity index (χ2n) is 3.20. The Morgan fingerprint density at radius 1 is 1.33 bits per heavy atom. The van der Waals surface area contributed by atoms with Crippen molar-refractivity contribution in [2.45, 2.75) is 33.6 Å². The molecule has 12 heavy (non-hydrogen) atoms. The molecule has 0 spiro atoms. The second kappa shape index (κ2) is 6.44. The first-order valence-corrected chi connectivity index (χ1v) is 5.05. The fraction of sp³-hybridized carbons (Fsp3) is 1.00. The van der Waals surface area contributed by atoms with Crippen LogP contribution in [0, 0.1) is 5.41 Å². The van der Waals surface area contributed by atoms with Crippen LogP contribution in [-0.4, -0.2) is 26.8 Å². The van der Waals surface area contributed by atoms with Crippen molar-refractivity contribution in [3.8, 4) is 0 Å². The van der Waals surface area contributed by atoms with Crippen LogP contribution in [0.4, 0.5) is 0 Å². The van der Waals surface area contributed by atoms with Crippen LogP contribution in [0.25, 0.3) is 0 Å². The zero-order valence-electron chi connectivity index (χ0n) is 8.94. The van der Waals surface area contributed by atoms with E-state index in [1.807, 2.05) is 20.9 Å². The summed E-state index contributed by atoms with van der Waals surface area (Å²) in [4.78, 5) is 0. The number of hydrogen-bond acceptors (Lipinski definition) is 2. The molecule has 0 unspecified atom stereocenters. The van der Waals surface area contributed by atoms with Gasteiger partial charge in [0.2, 0.25) is 0 Å². The quantitative estimate of drug-likeness (QED) is 0.702. The van der Waals surface area contributed by atoms with Crippen molar-refractivity contribution in [1.82, 2.24) is 5.32 Å². The molecule has 74 valence electrons. The minimum Gasteiger partial charge on any atom is -0.380 e. The van der Waals surface area contributed by atoms with Crippen molar-refractivity contribution in [3.05, 3.63) is 0 Å². The van der Waals surface area contributed by atoms with Crippen LogP contribution >= 0.6 is 0 Å². The highest BCUT2D eigenvalue weighted by Gasteiger charge is 2.35. The predicted octanol–water partition coefficient (Wildman–Crippen LogP) is 2.05. The maximum Gasteiger partial charge on any atom is 0.0545 e. The lowest BCUT2D eigenvalue weighted by Crippen LogP contribution is -2.43. The van der Waals surface area contributed by atoms with E-state index >= 15 is 0 Å². The highest BCUT2D eigenvalue weighted by molar-refractivity contribution is 4.84. The molecule has 0 aromatic rings. The van der Waals surface area contributed by atoms with Crippen LogP contribution < -0.4 is 5.32 Å². The summed E-state index contributed by atoms with van der Waals surface area (Å²) in [6.45, 7) is 9.33. The molecule has 0 radical (unpaired) electrons. The summed E-state index contributed by atoms with van der Waals surface area (Å²) < 4.78 is 5.20. The summed E-state index contributed by atoms with van der Waals surface area (Å²) in [5, 5.41) is 3.17. The van der Waals surface area contributed by atoms with Crippen molar-refractivity contribution in [2.24, 2.45) is 5.41 Å². The summed E-state index contributed by atoms with van der Waals surface area (Å²) >= 11 is 0. The van der Waals surface area contributed by atoms with Gasteiger partial charge in [-0.2, -0.15) is 0 Å². The number of hydrogen-bond donors (Lipinski definition) is 1. The van der Waals surface area contributed by atoms with Crippen molar-refractivity contribution >= 4 is 0 Å². The summed E-state index contributed by atoms with van der Waals surface area (Å²) in [5.41, 5.74) is 0.531. The smallest absolute Gasteiger partial charge is 0.0545 e. The van der Waals surface area contributed by atoms with Crippen LogP contribution in [-0.2, 0) is 4.74 Å². The minimum atomic E-state index is 0.531. The van der Waals surface area contributed by atoms with E-state index < -0.39 is 0 Å². The molecule has 0 bridgehead atoms. The Morgan fingerprint density at radius 3 is 2.17 bits per heavy atom. The molecule has 0 aliphatic carbocycles. The van der Waals surface area contributed by atoms with E-state index in [-0.39, 0.29) is 0 Å². The van der Waals surface area contributed by atoms with E-state index in [1.54, 1.807) is 0 Å². The molecule has 2 heteroatoms. The molecule has 0 amide bonds. The van der Waals surface area contributed by atoms with Crippen molar-refractivity contribution < 1.29 is 4.74 Å². The second-order valence-corrected chi connectivity index (χ2v) is 3.20. The van der Waals surface area contributed by atoms with Gasteiger partial charge >= 0.3 is 0 Å². The van der Waals surface area contributed by atoms with Gasteiger partial charge < -0.3 is 10.1 Å². The molecule has 1 N–H and O–H groups in total. The Morgan fingerprint density at radius 2 is 1.92 bits per heavy atom. The highest BCUT2D eigenvalue weighted by Crippen LogP contribution is 2.34. The molecule has 1 fully saturated rings. The van der Waals surface area contributed by atoms with Gasteiger partial charge in [0.15, 0.2) is 0 Å². The minimum absolute atomic E-state index is 0.531. The average molecular weight is 173 g/mol. The first-order chi connectivity index (χ1) is 5.83. The van der Waals surface area contributed by atoms with Crippen molar-refractivity contribution in [2.75, 3.05) is 26.8 Å². The molecule has 0 aromatic heterocycles. The predicted molar refractivity (Wildman–Crippen MR) is 53.4 cm³/mol. The van der Waals surface area contributed by atoms with E-state index in [0.29, 0.717) is 5.41 Å². The molecule has 0 aromatic carbocycles. The van der Waals surface area contributed by atoms with Gasteiger partial charge in [0, 0.05) is 5.41 Å². The Balaban J connectivity index is 0.000000561. The average Bonchev–Trinajstić information content (AvgIpc) is 2.08. The molecule has 1 heterocycles. The van der Waals surface area contributed by atoms with Gasteiger partial charge in [-0.3, -0.25) is 0 Å². The summed E-state index contributed by atoms with van der Waals surface area (Å²) in [7, 11) is 2.00. The third kappa shape index (κ3) is 3.11. The van der Waals surface area contributed by atoms with Crippen LogP contribution in [0.2, 0.25) is 0 Å². The maximum absolute atomic E-state index is 5.20. The van der Waals surface area contributed by atoms with Gasteiger partial charge in [-0.15, -0.1) is 0 Å². The zero-order chi connectivity index (χ0) is 9.45. The van der Waals surface area contributed by atoms with Crippen LogP contribution in [0.1, 0.15) is 33.6 Å². The Labute approximate surface area is 76.7 Å². The van der Waals surface area contributed by atoms with Gasteiger partial charge in [0.1, 0.15) is 0 Å². The normalized spacial score (nSPS) is 19.0. The van der Waals surface area contributed by atoms with E-state index in [0.717, 1.165) is 19.8 Å². The fourth-order valence-corrected chi connectivity index (χ4v) is 1.31. The maximum atomic E-state index is 5.20. The van der Waals surface area contributed by atoms with Crippen LogP contribution in [0.15, 0.2) is 0 Å². The fourth-order valence-electron chi connectivity index (χ4n) is 1.31. The topological polar surface area (TPSA) is 21.3 Å². The SMILES string of the molecule is CC.CCC1(CCNC)COC1. The lowest BCUT2D eigenvalue weighted by atomic mass is 9.80. The van der Waals surface area contributed by atoms with Crippen molar-refractivity contribution in [1.29, 1.82) is 0 Å². The van der Waals surface area contributed by atoms with Crippen molar-refractivity contribution in [3.63, 3.8) is 0 Å². The zero-order valence-corrected chi connectivity index (χ0v) is 8.94. The molecule has 1 saturated heterocycles. The molecular formula is C10H23NO. The van der Waals surface area contributed by atoms with Gasteiger partial charge in [0.05, 0.1) is 13.2 Å². The Bertz CT molecular complexity index is 94.5. The van der Waals surface area contributed by atoms with E-state index in [4.69, 9.17) is 4.74 Å².